The van der Waals surface area contributed by atoms with Crippen molar-refractivity contribution in [1.82, 2.24) is 0 Å². The fraction of sp³-hybridized carbons (Fsp3) is 0.571. The predicted octanol–water partition coefficient (Wildman–Crippen LogP) is 4.03. The van der Waals surface area contributed by atoms with Crippen molar-refractivity contribution >= 4 is 11.8 Å². The molecule has 0 saturated carbocycles. The molecular weight excluding hydrogens is 216 g/mol. The van der Waals surface area contributed by atoms with E-state index in [1.54, 1.807) is 0 Å². The summed E-state index contributed by atoms with van der Waals surface area (Å²) in [7, 11) is 0. The van der Waals surface area contributed by atoms with E-state index in [4.69, 9.17) is 4.74 Å². The molecule has 0 unspecified atom stereocenters. The zero-order valence-electron chi connectivity index (χ0n) is 11.0. The standard InChI is InChI=1S/C14H22OS/c1-11-6-7-12(14(2,3)4)13(10-11)15-8-9-16-5/h6-7,10H,8-9H2,1-5H3. The quantitative estimate of drug-likeness (QED) is 0.732. The van der Waals surface area contributed by atoms with E-state index in [0.29, 0.717) is 0 Å². The molecule has 0 saturated heterocycles. The van der Waals surface area contributed by atoms with Gasteiger partial charge in [0.1, 0.15) is 5.75 Å². The van der Waals surface area contributed by atoms with E-state index in [9.17, 15) is 0 Å². The van der Waals surface area contributed by atoms with Gasteiger partial charge < -0.3 is 4.74 Å². The average molecular weight is 238 g/mol. The van der Waals surface area contributed by atoms with Crippen LogP contribution in [-0.4, -0.2) is 18.6 Å². The fourth-order valence-electron chi connectivity index (χ4n) is 1.60. The maximum atomic E-state index is 5.86. The molecule has 0 aliphatic rings. The van der Waals surface area contributed by atoms with Crippen molar-refractivity contribution in [3.63, 3.8) is 0 Å². The molecule has 0 aromatic heterocycles. The Kier molecular flexibility index (Phi) is 4.72. The molecule has 0 spiro atoms. The Morgan fingerprint density at radius 3 is 2.50 bits per heavy atom. The molecule has 1 aromatic rings. The minimum Gasteiger partial charge on any atom is -0.492 e. The second-order valence-electron chi connectivity index (χ2n) is 5.09. The highest BCUT2D eigenvalue weighted by Gasteiger charge is 2.18. The van der Waals surface area contributed by atoms with Gasteiger partial charge in [0.05, 0.1) is 6.61 Å². The molecule has 0 heterocycles. The van der Waals surface area contributed by atoms with Crippen molar-refractivity contribution in [3.8, 4) is 5.75 Å². The average Bonchev–Trinajstić information content (AvgIpc) is 2.16. The van der Waals surface area contributed by atoms with Gasteiger partial charge in [-0.15, -0.1) is 0 Å². The molecule has 0 aliphatic carbocycles. The second kappa shape index (κ2) is 5.62. The summed E-state index contributed by atoms with van der Waals surface area (Å²) in [5, 5.41) is 0. The zero-order valence-corrected chi connectivity index (χ0v) is 11.8. The SMILES string of the molecule is CSCCOc1cc(C)ccc1C(C)(C)C. The van der Waals surface area contributed by atoms with Gasteiger partial charge in [-0.1, -0.05) is 32.9 Å². The summed E-state index contributed by atoms with van der Waals surface area (Å²) in [6, 6.07) is 6.48. The summed E-state index contributed by atoms with van der Waals surface area (Å²) >= 11 is 1.81. The van der Waals surface area contributed by atoms with Crippen molar-refractivity contribution in [3.05, 3.63) is 29.3 Å². The van der Waals surface area contributed by atoms with Crippen LogP contribution in [0.1, 0.15) is 31.9 Å². The summed E-state index contributed by atoms with van der Waals surface area (Å²) in [6.45, 7) is 9.55. The molecular formula is C14H22OS. The number of thioether (sulfide) groups is 1. The Bertz CT molecular complexity index is 339. The maximum Gasteiger partial charge on any atom is 0.123 e. The van der Waals surface area contributed by atoms with E-state index in [1.165, 1.54) is 11.1 Å². The molecule has 1 aromatic carbocycles. The molecule has 16 heavy (non-hydrogen) atoms. The summed E-state index contributed by atoms with van der Waals surface area (Å²) in [5.41, 5.74) is 2.69. The summed E-state index contributed by atoms with van der Waals surface area (Å²) < 4.78 is 5.86. The predicted molar refractivity (Wildman–Crippen MR) is 73.8 cm³/mol. The summed E-state index contributed by atoms with van der Waals surface area (Å²) in [4.78, 5) is 0. The van der Waals surface area contributed by atoms with E-state index in [-0.39, 0.29) is 5.41 Å². The first-order valence-corrected chi connectivity index (χ1v) is 7.07. The number of aryl methyl sites for hydroxylation is 1. The van der Waals surface area contributed by atoms with Crippen molar-refractivity contribution in [2.24, 2.45) is 0 Å². The minimum absolute atomic E-state index is 0.141. The number of hydrogen-bond donors (Lipinski definition) is 0. The van der Waals surface area contributed by atoms with Crippen molar-refractivity contribution in [2.75, 3.05) is 18.6 Å². The van der Waals surface area contributed by atoms with Gasteiger partial charge in [-0.2, -0.15) is 11.8 Å². The molecule has 0 atom stereocenters. The zero-order chi connectivity index (χ0) is 12.2. The molecule has 0 N–H and O–H groups in total. The third-order valence-electron chi connectivity index (χ3n) is 2.49. The van der Waals surface area contributed by atoms with Crippen LogP contribution in [-0.2, 0) is 5.41 Å². The first-order valence-electron chi connectivity index (χ1n) is 5.68. The fourth-order valence-corrected chi connectivity index (χ4v) is 1.85. The monoisotopic (exact) mass is 238 g/mol. The number of rotatable bonds is 4. The smallest absolute Gasteiger partial charge is 0.123 e. The summed E-state index contributed by atoms with van der Waals surface area (Å²) in [5.74, 6) is 2.08. The molecule has 1 nitrogen and oxygen atoms in total. The molecule has 0 radical (unpaired) electrons. The Hall–Kier alpha value is -0.630. The lowest BCUT2D eigenvalue weighted by Crippen LogP contribution is -2.14. The van der Waals surface area contributed by atoms with Gasteiger partial charge in [0.25, 0.3) is 0 Å². The Balaban J connectivity index is 2.90. The highest BCUT2D eigenvalue weighted by atomic mass is 32.2. The normalized spacial score (nSPS) is 11.6. The highest BCUT2D eigenvalue weighted by Crippen LogP contribution is 2.32. The van der Waals surface area contributed by atoms with Crippen LogP contribution in [0.15, 0.2) is 18.2 Å². The van der Waals surface area contributed by atoms with Gasteiger partial charge in [-0.25, -0.2) is 0 Å². The largest absolute Gasteiger partial charge is 0.492 e. The third kappa shape index (κ3) is 3.75. The topological polar surface area (TPSA) is 9.23 Å². The van der Waals surface area contributed by atoms with Gasteiger partial charge in [-0.05, 0) is 35.8 Å². The first-order chi connectivity index (χ1) is 7.45. The van der Waals surface area contributed by atoms with Crippen LogP contribution in [0.5, 0.6) is 5.75 Å². The highest BCUT2D eigenvalue weighted by molar-refractivity contribution is 7.98. The lowest BCUT2D eigenvalue weighted by molar-refractivity contribution is 0.333. The number of benzene rings is 1. The lowest BCUT2D eigenvalue weighted by Gasteiger charge is -2.23. The van der Waals surface area contributed by atoms with E-state index in [0.717, 1.165) is 18.1 Å². The van der Waals surface area contributed by atoms with Crippen molar-refractivity contribution in [2.45, 2.75) is 33.1 Å². The molecule has 90 valence electrons. The molecule has 0 amide bonds. The van der Waals surface area contributed by atoms with Crippen LogP contribution in [0.4, 0.5) is 0 Å². The Labute approximate surface area is 104 Å². The molecule has 0 bridgehead atoms. The lowest BCUT2D eigenvalue weighted by atomic mass is 9.86. The van der Waals surface area contributed by atoms with Gasteiger partial charge >= 0.3 is 0 Å². The Morgan fingerprint density at radius 1 is 1.25 bits per heavy atom. The van der Waals surface area contributed by atoms with Crippen LogP contribution < -0.4 is 4.74 Å². The maximum absolute atomic E-state index is 5.86. The molecule has 0 aliphatic heterocycles. The van der Waals surface area contributed by atoms with Crippen molar-refractivity contribution in [1.29, 1.82) is 0 Å². The van der Waals surface area contributed by atoms with E-state index in [1.807, 2.05) is 11.8 Å². The van der Waals surface area contributed by atoms with E-state index in [2.05, 4.69) is 52.1 Å². The third-order valence-corrected chi connectivity index (χ3v) is 3.07. The van der Waals surface area contributed by atoms with Crippen LogP contribution in [0.25, 0.3) is 0 Å². The second-order valence-corrected chi connectivity index (χ2v) is 6.08. The van der Waals surface area contributed by atoms with Crippen LogP contribution in [0.3, 0.4) is 0 Å². The van der Waals surface area contributed by atoms with Gasteiger partial charge in [0.15, 0.2) is 0 Å². The van der Waals surface area contributed by atoms with Gasteiger partial charge in [-0.3, -0.25) is 0 Å². The Morgan fingerprint density at radius 2 is 1.94 bits per heavy atom. The van der Waals surface area contributed by atoms with Crippen molar-refractivity contribution < 1.29 is 4.74 Å². The van der Waals surface area contributed by atoms with E-state index < -0.39 is 0 Å². The molecule has 2 heteroatoms. The van der Waals surface area contributed by atoms with Crippen LogP contribution in [0, 0.1) is 6.92 Å². The molecule has 0 fully saturated rings. The number of hydrogen-bond acceptors (Lipinski definition) is 2. The first kappa shape index (κ1) is 13.4. The van der Waals surface area contributed by atoms with Crippen LogP contribution in [0.2, 0.25) is 0 Å². The van der Waals surface area contributed by atoms with Crippen LogP contribution >= 0.6 is 11.8 Å². The minimum atomic E-state index is 0.141. The van der Waals surface area contributed by atoms with Gasteiger partial charge in [0.2, 0.25) is 0 Å². The molecule has 1 rings (SSSR count). The summed E-state index contributed by atoms with van der Waals surface area (Å²) in [6.07, 6.45) is 2.10. The van der Waals surface area contributed by atoms with Gasteiger partial charge in [0, 0.05) is 5.75 Å². The number of ether oxygens (including phenoxy) is 1. The van der Waals surface area contributed by atoms with E-state index >= 15 is 0 Å².